The van der Waals surface area contributed by atoms with Crippen molar-refractivity contribution in [2.75, 3.05) is 7.11 Å². The van der Waals surface area contributed by atoms with E-state index in [1.807, 2.05) is 0 Å². The number of rotatable bonds is 4. The zero-order valence-corrected chi connectivity index (χ0v) is 11.5. The highest BCUT2D eigenvalue weighted by molar-refractivity contribution is 5.69. The first-order valence-corrected chi connectivity index (χ1v) is 7.28. The summed E-state index contributed by atoms with van der Waals surface area (Å²) in [5, 5.41) is 0. The highest BCUT2D eigenvalue weighted by Gasteiger charge is 2.60. The molecule has 0 aromatic heterocycles. The number of epoxide rings is 1. The van der Waals surface area contributed by atoms with Crippen LogP contribution in [0.1, 0.15) is 36.3 Å². The molecular formula is C16H18O4. The van der Waals surface area contributed by atoms with Gasteiger partial charge in [-0.3, -0.25) is 4.79 Å². The van der Waals surface area contributed by atoms with E-state index < -0.39 is 0 Å². The Kier molecular flexibility index (Phi) is 2.74. The average Bonchev–Trinajstić information content (AvgIpc) is 2.96. The third kappa shape index (κ3) is 1.82. The Bertz CT molecular complexity index is 553. The first-order valence-electron chi connectivity index (χ1n) is 7.28. The van der Waals surface area contributed by atoms with Gasteiger partial charge >= 0.3 is 5.97 Å². The van der Waals surface area contributed by atoms with E-state index >= 15 is 0 Å². The molecule has 4 atom stereocenters. The van der Waals surface area contributed by atoms with Gasteiger partial charge in [-0.15, -0.1) is 0 Å². The highest BCUT2D eigenvalue weighted by atomic mass is 16.6. The van der Waals surface area contributed by atoms with Gasteiger partial charge in [-0.2, -0.15) is 0 Å². The van der Waals surface area contributed by atoms with E-state index in [1.165, 1.54) is 18.2 Å². The molecule has 0 amide bonds. The molecule has 0 spiro atoms. The number of hydrogen-bond donors (Lipinski definition) is 0. The number of methoxy groups -OCH3 is 1. The maximum absolute atomic E-state index is 11.2. The van der Waals surface area contributed by atoms with Crippen molar-refractivity contribution in [2.45, 2.75) is 49.9 Å². The second-order valence-electron chi connectivity index (χ2n) is 5.82. The lowest BCUT2D eigenvalue weighted by Gasteiger charge is -2.11. The Morgan fingerprint density at radius 1 is 1.40 bits per heavy atom. The largest absolute Gasteiger partial charge is 0.489 e. The standard InChI is InChI=1S/C16H18O4/c1-18-13(17)7-3-5-9-4-2-6-10-14-11(19-15(9)10)8-12-16(14)20-12/h2,4,6,11-12,14,16H,3,5,7-8H2,1H3. The summed E-state index contributed by atoms with van der Waals surface area (Å²) < 4.78 is 16.5. The Morgan fingerprint density at radius 3 is 3.15 bits per heavy atom. The molecule has 2 heterocycles. The number of carbonyl (C=O) groups excluding carboxylic acids is 1. The van der Waals surface area contributed by atoms with Gasteiger partial charge in [0.1, 0.15) is 11.9 Å². The Morgan fingerprint density at radius 2 is 2.30 bits per heavy atom. The van der Waals surface area contributed by atoms with Crippen molar-refractivity contribution in [3.05, 3.63) is 29.3 Å². The van der Waals surface area contributed by atoms with Crippen LogP contribution in [0.25, 0.3) is 0 Å². The summed E-state index contributed by atoms with van der Waals surface area (Å²) in [5.74, 6) is 1.32. The molecule has 4 unspecified atom stereocenters. The summed E-state index contributed by atoms with van der Waals surface area (Å²) in [6, 6.07) is 6.35. The highest BCUT2D eigenvalue weighted by Crippen LogP contribution is 2.56. The fourth-order valence-electron chi connectivity index (χ4n) is 3.63. The monoisotopic (exact) mass is 274 g/mol. The molecule has 2 fully saturated rings. The molecule has 4 nitrogen and oxygen atoms in total. The fourth-order valence-corrected chi connectivity index (χ4v) is 3.63. The molecule has 4 heteroatoms. The van der Waals surface area contributed by atoms with Gasteiger partial charge in [0.25, 0.3) is 0 Å². The maximum Gasteiger partial charge on any atom is 0.305 e. The van der Waals surface area contributed by atoms with E-state index in [0.717, 1.165) is 25.0 Å². The van der Waals surface area contributed by atoms with Crippen LogP contribution in [0.3, 0.4) is 0 Å². The van der Waals surface area contributed by atoms with Crippen molar-refractivity contribution in [3.8, 4) is 5.75 Å². The number of para-hydroxylation sites is 1. The van der Waals surface area contributed by atoms with Crippen molar-refractivity contribution >= 4 is 5.97 Å². The van der Waals surface area contributed by atoms with Crippen LogP contribution in [-0.2, 0) is 20.7 Å². The van der Waals surface area contributed by atoms with Crippen LogP contribution in [0, 0.1) is 0 Å². The van der Waals surface area contributed by atoms with Gasteiger partial charge in [0, 0.05) is 18.4 Å². The van der Waals surface area contributed by atoms with Crippen LogP contribution in [0.2, 0.25) is 0 Å². The number of esters is 1. The molecule has 0 bridgehead atoms. The summed E-state index contributed by atoms with van der Waals surface area (Å²) in [6.07, 6.45) is 4.24. The van der Waals surface area contributed by atoms with Crippen LogP contribution >= 0.6 is 0 Å². The van der Waals surface area contributed by atoms with Crippen LogP contribution < -0.4 is 4.74 Å². The first kappa shape index (κ1) is 12.2. The van der Waals surface area contributed by atoms with Crippen LogP contribution in [-0.4, -0.2) is 31.4 Å². The summed E-state index contributed by atoms with van der Waals surface area (Å²) in [6.45, 7) is 0. The Balaban J connectivity index is 1.50. The molecule has 106 valence electrons. The van der Waals surface area contributed by atoms with E-state index in [-0.39, 0.29) is 5.97 Å². The van der Waals surface area contributed by atoms with Crippen LogP contribution in [0.4, 0.5) is 0 Å². The lowest BCUT2D eigenvalue weighted by atomic mass is 9.94. The average molecular weight is 274 g/mol. The summed E-state index contributed by atoms with van der Waals surface area (Å²) in [4.78, 5) is 11.2. The van der Waals surface area contributed by atoms with Gasteiger partial charge in [-0.05, 0) is 18.4 Å². The van der Waals surface area contributed by atoms with Gasteiger partial charge in [0.05, 0.1) is 25.2 Å². The third-order valence-corrected chi connectivity index (χ3v) is 4.65. The predicted molar refractivity (Wildman–Crippen MR) is 71.8 cm³/mol. The Labute approximate surface area is 118 Å². The minimum atomic E-state index is -0.149. The third-order valence-electron chi connectivity index (χ3n) is 4.65. The molecule has 20 heavy (non-hydrogen) atoms. The van der Waals surface area contributed by atoms with E-state index in [4.69, 9.17) is 9.47 Å². The normalized spacial score (nSPS) is 32.0. The smallest absolute Gasteiger partial charge is 0.305 e. The zero-order chi connectivity index (χ0) is 13.7. The van der Waals surface area contributed by atoms with E-state index in [2.05, 4.69) is 22.9 Å². The molecule has 4 rings (SSSR count). The quantitative estimate of drug-likeness (QED) is 0.624. The number of ether oxygens (including phenoxy) is 3. The number of hydrogen-bond acceptors (Lipinski definition) is 4. The fraction of sp³-hybridized carbons (Fsp3) is 0.562. The SMILES string of the molecule is COC(=O)CCCc1cccc2c1OC1CC3OC3C21. The minimum absolute atomic E-state index is 0.149. The van der Waals surface area contributed by atoms with Crippen molar-refractivity contribution in [1.82, 2.24) is 0 Å². The Hall–Kier alpha value is -1.55. The lowest BCUT2D eigenvalue weighted by Crippen LogP contribution is -2.17. The second kappa shape index (κ2) is 4.48. The molecule has 3 aliphatic rings. The number of aryl methyl sites for hydroxylation is 1. The summed E-state index contributed by atoms with van der Waals surface area (Å²) >= 11 is 0. The first-order chi connectivity index (χ1) is 9.78. The predicted octanol–water partition coefficient (Wildman–Crippen LogP) is 2.20. The molecule has 0 radical (unpaired) electrons. The molecule has 1 saturated carbocycles. The van der Waals surface area contributed by atoms with Gasteiger partial charge < -0.3 is 14.2 Å². The van der Waals surface area contributed by atoms with E-state index in [1.54, 1.807) is 0 Å². The van der Waals surface area contributed by atoms with Crippen LogP contribution in [0.15, 0.2) is 18.2 Å². The molecular weight excluding hydrogens is 256 g/mol. The van der Waals surface area contributed by atoms with Crippen LogP contribution in [0.5, 0.6) is 5.75 Å². The van der Waals surface area contributed by atoms with Crippen molar-refractivity contribution in [1.29, 1.82) is 0 Å². The van der Waals surface area contributed by atoms with E-state index in [9.17, 15) is 4.79 Å². The maximum atomic E-state index is 11.2. The van der Waals surface area contributed by atoms with Gasteiger partial charge in [0.2, 0.25) is 0 Å². The zero-order valence-electron chi connectivity index (χ0n) is 11.5. The molecule has 1 aromatic carbocycles. The molecule has 1 aliphatic carbocycles. The van der Waals surface area contributed by atoms with Gasteiger partial charge in [0.15, 0.2) is 0 Å². The molecule has 2 aliphatic heterocycles. The molecule has 0 N–H and O–H groups in total. The van der Waals surface area contributed by atoms with Crippen molar-refractivity contribution in [2.24, 2.45) is 0 Å². The van der Waals surface area contributed by atoms with Crippen molar-refractivity contribution in [3.63, 3.8) is 0 Å². The number of fused-ring (bicyclic) bond motifs is 5. The summed E-state index contributed by atoms with van der Waals surface area (Å²) in [5.41, 5.74) is 2.51. The van der Waals surface area contributed by atoms with Gasteiger partial charge in [-0.25, -0.2) is 0 Å². The van der Waals surface area contributed by atoms with Gasteiger partial charge in [-0.1, -0.05) is 18.2 Å². The topological polar surface area (TPSA) is 48.1 Å². The lowest BCUT2D eigenvalue weighted by molar-refractivity contribution is -0.140. The van der Waals surface area contributed by atoms with Crippen molar-refractivity contribution < 1.29 is 19.0 Å². The minimum Gasteiger partial charge on any atom is -0.489 e. The second-order valence-corrected chi connectivity index (χ2v) is 5.82. The van der Waals surface area contributed by atoms with E-state index in [0.29, 0.717) is 30.7 Å². The number of benzene rings is 1. The summed E-state index contributed by atoms with van der Waals surface area (Å²) in [7, 11) is 1.43. The molecule has 1 aromatic rings. The number of carbonyl (C=O) groups is 1. The molecule has 1 saturated heterocycles.